The lowest BCUT2D eigenvalue weighted by Crippen LogP contribution is -2.23. The average Bonchev–Trinajstić information content (AvgIpc) is 3.01. The highest BCUT2D eigenvalue weighted by Gasteiger charge is 2.22. The number of primary amides is 1. The highest BCUT2D eigenvalue weighted by Crippen LogP contribution is 2.25. The average molecular weight is 359 g/mol. The van der Waals surface area contributed by atoms with Crippen molar-refractivity contribution in [3.63, 3.8) is 0 Å². The van der Waals surface area contributed by atoms with Crippen molar-refractivity contribution in [1.29, 1.82) is 0 Å². The van der Waals surface area contributed by atoms with Crippen LogP contribution >= 0.6 is 0 Å². The second-order valence-electron chi connectivity index (χ2n) is 5.69. The first-order valence-electron chi connectivity index (χ1n) is 7.70. The summed E-state index contributed by atoms with van der Waals surface area (Å²) in [5, 5.41) is 0. The zero-order valence-electron chi connectivity index (χ0n) is 13.3. The highest BCUT2D eigenvalue weighted by molar-refractivity contribution is 7.92. The second kappa shape index (κ2) is 6.56. The van der Waals surface area contributed by atoms with Crippen LogP contribution in [-0.4, -0.2) is 26.8 Å². The van der Waals surface area contributed by atoms with Gasteiger partial charge in [0.15, 0.2) is 0 Å². The monoisotopic (exact) mass is 359 g/mol. The maximum atomic E-state index is 12.5. The minimum Gasteiger partial charge on any atom is -0.366 e. The summed E-state index contributed by atoms with van der Waals surface area (Å²) < 4.78 is 27.4. The molecule has 2 aromatic carbocycles. The van der Waals surface area contributed by atoms with Crippen molar-refractivity contribution >= 4 is 33.2 Å². The zero-order chi connectivity index (χ0) is 18.0. The van der Waals surface area contributed by atoms with Crippen molar-refractivity contribution in [3.8, 4) is 0 Å². The van der Waals surface area contributed by atoms with Crippen LogP contribution in [0.2, 0.25) is 0 Å². The molecule has 0 radical (unpaired) electrons. The number of carbonyl (C=O) groups excluding carboxylic acids is 2. The number of sulfonamides is 1. The summed E-state index contributed by atoms with van der Waals surface area (Å²) in [5.41, 5.74) is 6.39. The molecule has 8 heteroatoms. The standard InChI is InChI=1S/C17H17N3O4S/c18-17(22)12-6-8-15(9-7-12)25(23,24)19-13-3-1-4-14(11-13)20-10-2-5-16(20)21/h1,3-4,6-9,11,19H,2,5,10H2,(H2,18,22). The minimum absolute atomic E-state index is 0.0140. The Bertz CT molecular complexity index is 923. The fourth-order valence-corrected chi connectivity index (χ4v) is 3.72. The quantitative estimate of drug-likeness (QED) is 0.847. The van der Waals surface area contributed by atoms with Crippen LogP contribution in [0.5, 0.6) is 0 Å². The van der Waals surface area contributed by atoms with Gasteiger partial charge in [-0.3, -0.25) is 14.3 Å². The Morgan fingerprint density at radius 1 is 1.12 bits per heavy atom. The predicted molar refractivity (Wildman–Crippen MR) is 93.8 cm³/mol. The molecule has 3 N–H and O–H groups in total. The van der Waals surface area contributed by atoms with E-state index < -0.39 is 15.9 Å². The lowest BCUT2D eigenvalue weighted by molar-refractivity contribution is -0.117. The molecule has 1 aliphatic rings. The van der Waals surface area contributed by atoms with E-state index in [-0.39, 0.29) is 16.4 Å². The summed E-state index contributed by atoms with van der Waals surface area (Å²) >= 11 is 0. The normalized spacial score (nSPS) is 14.6. The van der Waals surface area contributed by atoms with Crippen molar-refractivity contribution in [2.45, 2.75) is 17.7 Å². The molecule has 130 valence electrons. The molecule has 25 heavy (non-hydrogen) atoms. The van der Waals surface area contributed by atoms with Gasteiger partial charge in [0, 0.05) is 24.2 Å². The van der Waals surface area contributed by atoms with Crippen molar-refractivity contribution < 1.29 is 18.0 Å². The molecule has 0 aliphatic carbocycles. The van der Waals surface area contributed by atoms with Crippen LogP contribution < -0.4 is 15.4 Å². The summed E-state index contributed by atoms with van der Waals surface area (Å²) in [6.07, 6.45) is 1.29. The van der Waals surface area contributed by atoms with E-state index in [9.17, 15) is 18.0 Å². The molecule has 0 spiro atoms. The molecule has 2 amide bonds. The van der Waals surface area contributed by atoms with Gasteiger partial charge in [0.2, 0.25) is 11.8 Å². The van der Waals surface area contributed by atoms with Gasteiger partial charge in [0.25, 0.3) is 10.0 Å². The Labute approximate surface area is 145 Å². The Morgan fingerprint density at radius 3 is 2.44 bits per heavy atom. The van der Waals surface area contributed by atoms with Gasteiger partial charge in [-0.15, -0.1) is 0 Å². The van der Waals surface area contributed by atoms with Crippen LogP contribution in [0.3, 0.4) is 0 Å². The number of anilines is 2. The Morgan fingerprint density at radius 2 is 1.84 bits per heavy atom. The number of hydrogen-bond acceptors (Lipinski definition) is 4. The lowest BCUT2D eigenvalue weighted by atomic mass is 10.2. The van der Waals surface area contributed by atoms with Crippen LogP contribution in [0.4, 0.5) is 11.4 Å². The van der Waals surface area contributed by atoms with Gasteiger partial charge in [0.05, 0.1) is 10.6 Å². The van der Waals surface area contributed by atoms with Gasteiger partial charge < -0.3 is 10.6 Å². The van der Waals surface area contributed by atoms with E-state index in [2.05, 4.69) is 4.72 Å². The highest BCUT2D eigenvalue weighted by atomic mass is 32.2. The second-order valence-corrected chi connectivity index (χ2v) is 7.38. The molecular weight excluding hydrogens is 342 g/mol. The topological polar surface area (TPSA) is 110 Å². The van der Waals surface area contributed by atoms with E-state index in [0.717, 1.165) is 6.42 Å². The third kappa shape index (κ3) is 3.63. The first kappa shape index (κ1) is 17.0. The zero-order valence-corrected chi connectivity index (χ0v) is 14.1. The number of nitrogens with zero attached hydrogens (tertiary/aromatic N) is 1. The summed E-state index contributed by atoms with van der Waals surface area (Å²) in [6, 6.07) is 12.0. The number of rotatable bonds is 5. The maximum absolute atomic E-state index is 12.5. The summed E-state index contributed by atoms with van der Waals surface area (Å²) in [6.45, 7) is 0.629. The number of carbonyl (C=O) groups is 2. The third-order valence-corrected chi connectivity index (χ3v) is 5.33. The molecule has 0 unspecified atom stereocenters. The molecule has 7 nitrogen and oxygen atoms in total. The molecule has 0 atom stereocenters. The van der Waals surface area contributed by atoms with Gasteiger partial charge in [-0.05, 0) is 48.9 Å². The first-order valence-corrected chi connectivity index (χ1v) is 9.18. The largest absolute Gasteiger partial charge is 0.366 e. The minimum atomic E-state index is -3.82. The van der Waals surface area contributed by atoms with Crippen LogP contribution in [0.1, 0.15) is 23.2 Å². The Balaban J connectivity index is 1.83. The Kier molecular flexibility index (Phi) is 4.45. The SMILES string of the molecule is NC(=O)c1ccc(S(=O)(=O)Nc2cccc(N3CCCC3=O)c2)cc1. The first-order chi connectivity index (χ1) is 11.9. The van der Waals surface area contributed by atoms with E-state index >= 15 is 0 Å². The predicted octanol–water partition coefficient (Wildman–Crippen LogP) is 1.71. The fraction of sp³-hybridized carbons (Fsp3) is 0.176. The van der Waals surface area contributed by atoms with Gasteiger partial charge in [-0.2, -0.15) is 0 Å². The van der Waals surface area contributed by atoms with Gasteiger partial charge in [0.1, 0.15) is 0 Å². The number of benzene rings is 2. The van der Waals surface area contributed by atoms with Crippen molar-refractivity contribution in [3.05, 3.63) is 54.1 Å². The molecule has 0 bridgehead atoms. The number of nitrogens with one attached hydrogen (secondary N) is 1. The fourth-order valence-electron chi connectivity index (χ4n) is 2.67. The molecule has 0 saturated carbocycles. The van der Waals surface area contributed by atoms with E-state index in [0.29, 0.717) is 24.3 Å². The third-order valence-electron chi connectivity index (χ3n) is 3.93. The van der Waals surface area contributed by atoms with E-state index in [1.165, 1.54) is 24.3 Å². The smallest absolute Gasteiger partial charge is 0.261 e. The van der Waals surface area contributed by atoms with Crippen LogP contribution in [-0.2, 0) is 14.8 Å². The summed E-state index contributed by atoms with van der Waals surface area (Å²) in [5.74, 6) is -0.595. The molecule has 1 aliphatic heterocycles. The molecule has 3 rings (SSSR count). The Hall–Kier alpha value is -2.87. The molecular formula is C17H17N3O4S. The van der Waals surface area contributed by atoms with Crippen LogP contribution in [0.15, 0.2) is 53.4 Å². The molecule has 2 aromatic rings. The summed E-state index contributed by atoms with van der Waals surface area (Å²) in [7, 11) is -3.82. The maximum Gasteiger partial charge on any atom is 0.261 e. The van der Waals surface area contributed by atoms with Gasteiger partial charge >= 0.3 is 0 Å². The van der Waals surface area contributed by atoms with Crippen molar-refractivity contribution in [1.82, 2.24) is 0 Å². The molecule has 0 aromatic heterocycles. The number of amides is 2. The van der Waals surface area contributed by atoms with E-state index in [1.807, 2.05) is 0 Å². The van der Waals surface area contributed by atoms with Gasteiger partial charge in [-0.25, -0.2) is 8.42 Å². The van der Waals surface area contributed by atoms with Gasteiger partial charge in [-0.1, -0.05) is 6.07 Å². The van der Waals surface area contributed by atoms with E-state index in [4.69, 9.17) is 5.73 Å². The van der Waals surface area contributed by atoms with Crippen molar-refractivity contribution in [2.75, 3.05) is 16.2 Å². The molecule has 1 saturated heterocycles. The number of nitrogens with two attached hydrogens (primary N) is 1. The number of hydrogen-bond donors (Lipinski definition) is 2. The van der Waals surface area contributed by atoms with Crippen LogP contribution in [0.25, 0.3) is 0 Å². The molecule has 1 fully saturated rings. The van der Waals surface area contributed by atoms with E-state index in [1.54, 1.807) is 29.2 Å². The summed E-state index contributed by atoms with van der Waals surface area (Å²) in [4.78, 5) is 24.5. The molecule has 1 heterocycles. The van der Waals surface area contributed by atoms with Crippen molar-refractivity contribution in [2.24, 2.45) is 5.73 Å². The van der Waals surface area contributed by atoms with Crippen LogP contribution in [0, 0.1) is 0 Å². The lowest BCUT2D eigenvalue weighted by Gasteiger charge is -2.17.